The van der Waals surface area contributed by atoms with Crippen molar-refractivity contribution in [2.24, 2.45) is 0 Å². The second kappa shape index (κ2) is 6.57. The Morgan fingerprint density at radius 1 is 1.20 bits per heavy atom. The topological polar surface area (TPSA) is 24.9 Å². The van der Waals surface area contributed by atoms with E-state index in [1.54, 1.807) is 12.4 Å². The van der Waals surface area contributed by atoms with Crippen LogP contribution in [0.5, 0.6) is 0 Å². The number of hydrogen-bond donors (Lipinski definition) is 1. The smallest absolute Gasteiger partial charge is 0.128 e. The fourth-order valence-electron chi connectivity index (χ4n) is 2.17. The molecule has 1 aromatic heterocycles. The number of pyridine rings is 1. The van der Waals surface area contributed by atoms with E-state index in [0.717, 1.165) is 29.7 Å². The number of benzene rings is 1. The zero-order chi connectivity index (χ0) is 14.5. The molecule has 0 aliphatic heterocycles. The Bertz CT molecular complexity index is 584. The summed E-state index contributed by atoms with van der Waals surface area (Å²) in [5, 5.41) is 3.25. The summed E-state index contributed by atoms with van der Waals surface area (Å²) in [7, 11) is 0. The summed E-state index contributed by atoms with van der Waals surface area (Å²) in [4.78, 5) is 4.13. The van der Waals surface area contributed by atoms with Gasteiger partial charge in [-0.25, -0.2) is 8.78 Å². The first-order valence-corrected chi connectivity index (χ1v) is 6.71. The Morgan fingerprint density at radius 2 is 2.00 bits per heavy atom. The summed E-state index contributed by atoms with van der Waals surface area (Å²) in [5.74, 6) is -0.855. The molecular weight excluding hydrogens is 258 g/mol. The molecule has 1 N–H and O–H groups in total. The molecule has 0 saturated carbocycles. The van der Waals surface area contributed by atoms with Gasteiger partial charge in [0.15, 0.2) is 0 Å². The SMILES string of the molecule is CCCNC(c1cncc(C)c1)c1cc(F)ccc1F. The van der Waals surface area contributed by atoms with Crippen LogP contribution in [0, 0.1) is 18.6 Å². The number of nitrogens with one attached hydrogen (secondary N) is 1. The van der Waals surface area contributed by atoms with E-state index in [2.05, 4.69) is 10.3 Å². The fourth-order valence-corrected chi connectivity index (χ4v) is 2.17. The molecule has 2 nitrogen and oxygen atoms in total. The second-order valence-electron chi connectivity index (χ2n) is 4.85. The van der Waals surface area contributed by atoms with E-state index in [0.29, 0.717) is 12.1 Å². The molecule has 0 bridgehead atoms. The minimum absolute atomic E-state index is 0.311. The number of hydrogen-bond acceptors (Lipinski definition) is 2. The van der Waals surface area contributed by atoms with Gasteiger partial charge in [0, 0.05) is 18.0 Å². The molecule has 0 spiro atoms. The summed E-state index contributed by atoms with van der Waals surface area (Å²) in [6.07, 6.45) is 4.33. The molecule has 2 rings (SSSR count). The van der Waals surface area contributed by atoms with Crippen LogP contribution < -0.4 is 5.32 Å². The second-order valence-corrected chi connectivity index (χ2v) is 4.85. The number of halogens is 2. The van der Waals surface area contributed by atoms with E-state index in [9.17, 15) is 8.78 Å². The zero-order valence-corrected chi connectivity index (χ0v) is 11.7. The summed E-state index contributed by atoms with van der Waals surface area (Å²) < 4.78 is 27.4. The van der Waals surface area contributed by atoms with E-state index in [1.807, 2.05) is 19.9 Å². The maximum absolute atomic E-state index is 14.0. The third kappa shape index (κ3) is 3.39. The lowest BCUT2D eigenvalue weighted by Gasteiger charge is -2.20. The van der Waals surface area contributed by atoms with Gasteiger partial charge in [-0.2, -0.15) is 0 Å². The first-order chi connectivity index (χ1) is 9.61. The van der Waals surface area contributed by atoms with Crippen molar-refractivity contribution in [1.82, 2.24) is 10.3 Å². The van der Waals surface area contributed by atoms with Crippen molar-refractivity contribution in [3.05, 3.63) is 65.0 Å². The molecular formula is C16H18F2N2. The maximum atomic E-state index is 14.0. The van der Waals surface area contributed by atoms with Crippen LogP contribution in [-0.4, -0.2) is 11.5 Å². The number of aryl methyl sites for hydroxylation is 1. The summed E-state index contributed by atoms with van der Waals surface area (Å²) in [6, 6.07) is 5.08. The Kier molecular flexibility index (Phi) is 4.79. The van der Waals surface area contributed by atoms with Crippen molar-refractivity contribution in [1.29, 1.82) is 0 Å². The zero-order valence-electron chi connectivity index (χ0n) is 11.7. The van der Waals surface area contributed by atoms with Crippen LogP contribution in [0.1, 0.15) is 36.1 Å². The van der Waals surface area contributed by atoms with Gasteiger partial charge in [0.05, 0.1) is 6.04 Å². The van der Waals surface area contributed by atoms with E-state index in [4.69, 9.17) is 0 Å². The van der Waals surface area contributed by atoms with E-state index in [-0.39, 0.29) is 0 Å². The Morgan fingerprint density at radius 3 is 2.70 bits per heavy atom. The van der Waals surface area contributed by atoms with Crippen LogP contribution in [0.15, 0.2) is 36.7 Å². The molecule has 2 aromatic rings. The fraction of sp³-hybridized carbons (Fsp3) is 0.312. The third-order valence-electron chi connectivity index (χ3n) is 3.10. The molecule has 0 aliphatic rings. The molecule has 0 amide bonds. The van der Waals surface area contributed by atoms with E-state index >= 15 is 0 Å². The predicted octanol–water partition coefficient (Wildman–Crippen LogP) is 3.76. The minimum Gasteiger partial charge on any atom is -0.306 e. The van der Waals surface area contributed by atoms with Crippen molar-refractivity contribution in [2.75, 3.05) is 6.54 Å². The van der Waals surface area contributed by atoms with Crippen molar-refractivity contribution in [3.63, 3.8) is 0 Å². The molecule has 20 heavy (non-hydrogen) atoms. The molecule has 1 unspecified atom stereocenters. The third-order valence-corrected chi connectivity index (χ3v) is 3.10. The van der Waals surface area contributed by atoms with Gasteiger partial charge in [-0.3, -0.25) is 4.98 Å². The maximum Gasteiger partial charge on any atom is 0.128 e. The normalized spacial score (nSPS) is 12.4. The summed E-state index contributed by atoms with van der Waals surface area (Å²) >= 11 is 0. The van der Waals surface area contributed by atoms with Crippen LogP contribution in [0.25, 0.3) is 0 Å². The quantitative estimate of drug-likeness (QED) is 0.899. The van der Waals surface area contributed by atoms with Crippen LogP contribution in [0.2, 0.25) is 0 Å². The summed E-state index contributed by atoms with van der Waals surface area (Å²) in [6.45, 7) is 4.67. The van der Waals surface area contributed by atoms with Crippen LogP contribution in [0.4, 0.5) is 8.78 Å². The average Bonchev–Trinajstić information content (AvgIpc) is 2.43. The highest BCUT2D eigenvalue weighted by atomic mass is 19.1. The highest BCUT2D eigenvalue weighted by Crippen LogP contribution is 2.25. The Labute approximate surface area is 117 Å². The lowest BCUT2D eigenvalue weighted by Crippen LogP contribution is -2.24. The van der Waals surface area contributed by atoms with Gasteiger partial charge in [-0.05, 0) is 49.2 Å². The van der Waals surface area contributed by atoms with Crippen LogP contribution in [0.3, 0.4) is 0 Å². The molecule has 1 aromatic carbocycles. The molecule has 1 atom stereocenters. The number of nitrogens with zero attached hydrogens (tertiary/aromatic N) is 1. The van der Waals surface area contributed by atoms with Gasteiger partial charge in [-0.15, -0.1) is 0 Å². The van der Waals surface area contributed by atoms with Crippen LogP contribution >= 0.6 is 0 Å². The average molecular weight is 276 g/mol. The van der Waals surface area contributed by atoms with E-state index < -0.39 is 17.7 Å². The van der Waals surface area contributed by atoms with Gasteiger partial charge in [0.2, 0.25) is 0 Å². The van der Waals surface area contributed by atoms with Crippen molar-refractivity contribution in [2.45, 2.75) is 26.3 Å². The molecule has 0 radical (unpaired) electrons. The first kappa shape index (κ1) is 14.6. The first-order valence-electron chi connectivity index (χ1n) is 6.71. The van der Waals surface area contributed by atoms with Crippen molar-refractivity contribution in [3.8, 4) is 0 Å². The summed E-state index contributed by atoms with van der Waals surface area (Å²) in [5.41, 5.74) is 2.14. The van der Waals surface area contributed by atoms with Gasteiger partial charge in [0.25, 0.3) is 0 Å². The van der Waals surface area contributed by atoms with Crippen LogP contribution in [-0.2, 0) is 0 Å². The van der Waals surface area contributed by atoms with Gasteiger partial charge in [-0.1, -0.05) is 13.0 Å². The monoisotopic (exact) mass is 276 g/mol. The lowest BCUT2D eigenvalue weighted by atomic mass is 9.98. The van der Waals surface area contributed by atoms with Gasteiger partial charge >= 0.3 is 0 Å². The lowest BCUT2D eigenvalue weighted by molar-refractivity contribution is 0.534. The number of rotatable bonds is 5. The molecule has 1 heterocycles. The Hall–Kier alpha value is -1.81. The molecule has 0 aliphatic carbocycles. The Balaban J connectivity index is 2.44. The van der Waals surface area contributed by atoms with Gasteiger partial charge < -0.3 is 5.32 Å². The molecule has 0 fully saturated rings. The highest BCUT2D eigenvalue weighted by molar-refractivity contribution is 5.33. The standard InChI is InChI=1S/C16H18F2N2/c1-3-6-20-16(12-7-11(2)9-19-10-12)14-8-13(17)4-5-15(14)18/h4-5,7-10,16,20H,3,6H2,1-2H3. The number of aromatic nitrogens is 1. The largest absolute Gasteiger partial charge is 0.306 e. The van der Waals surface area contributed by atoms with Crippen molar-refractivity contribution >= 4 is 0 Å². The highest BCUT2D eigenvalue weighted by Gasteiger charge is 2.18. The molecule has 4 heteroatoms. The predicted molar refractivity (Wildman–Crippen MR) is 75.5 cm³/mol. The minimum atomic E-state index is -0.440. The van der Waals surface area contributed by atoms with Gasteiger partial charge in [0.1, 0.15) is 11.6 Å². The van der Waals surface area contributed by atoms with E-state index in [1.165, 1.54) is 6.07 Å². The molecule has 106 valence electrons. The molecule has 0 saturated heterocycles. The van der Waals surface area contributed by atoms with Crippen molar-refractivity contribution < 1.29 is 8.78 Å².